The highest BCUT2D eigenvalue weighted by molar-refractivity contribution is 5.85. The maximum absolute atomic E-state index is 13.9. The lowest BCUT2D eigenvalue weighted by Crippen LogP contribution is -2.54. The summed E-state index contributed by atoms with van der Waals surface area (Å²) in [5.41, 5.74) is 5.32. The fraction of sp³-hybridized carbons (Fsp3) is 0.533. The Morgan fingerprint density at radius 2 is 2.35 bits per heavy atom. The molecule has 1 aliphatic carbocycles. The molecule has 1 saturated carbocycles. The smallest absolute Gasteiger partial charge is 0.237 e. The van der Waals surface area contributed by atoms with Gasteiger partial charge in [0, 0.05) is 6.42 Å². The molecule has 20 heavy (non-hydrogen) atoms. The Morgan fingerprint density at radius 1 is 1.60 bits per heavy atom. The first kappa shape index (κ1) is 14.8. The molecule has 0 bridgehead atoms. The first-order valence-electron chi connectivity index (χ1n) is 6.95. The normalized spacial score (nSPS) is 25.6. The molecular formula is C15H21FN2O2. The number of hydrogen-bond acceptors (Lipinski definition) is 3. The number of ether oxygens (including phenoxy) is 1. The molecule has 2 atom stereocenters. The number of carbonyl (C=O) groups excluding carboxylic acids is 1. The van der Waals surface area contributed by atoms with Crippen LogP contribution in [0.4, 0.5) is 4.39 Å². The largest absolute Gasteiger partial charge is 0.487 e. The summed E-state index contributed by atoms with van der Waals surface area (Å²) in [6.07, 6.45) is 1.58. The van der Waals surface area contributed by atoms with Gasteiger partial charge in [0.2, 0.25) is 5.91 Å². The van der Waals surface area contributed by atoms with E-state index >= 15 is 0 Å². The van der Waals surface area contributed by atoms with Crippen LogP contribution in [0.25, 0.3) is 0 Å². The van der Waals surface area contributed by atoms with Crippen LogP contribution in [-0.4, -0.2) is 24.1 Å². The molecule has 0 aromatic heterocycles. The van der Waals surface area contributed by atoms with Crippen molar-refractivity contribution in [2.24, 2.45) is 5.73 Å². The zero-order valence-electron chi connectivity index (χ0n) is 11.9. The molecule has 5 heteroatoms. The quantitative estimate of drug-likeness (QED) is 0.866. The van der Waals surface area contributed by atoms with Crippen molar-refractivity contribution < 1.29 is 13.9 Å². The Morgan fingerprint density at radius 3 is 3.00 bits per heavy atom. The van der Waals surface area contributed by atoms with Gasteiger partial charge in [0.15, 0.2) is 11.6 Å². The van der Waals surface area contributed by atoms with Gasteiger partial charge in [-0.3, -0.25) is 4.79 Å². The van der Waals surface area contributed by atoms with Crippen molar-refractivity contribution in [3.8, 4) is 5.75 Å². The molecule has 0 radical (unpaired) electrons. The second-order valence-corrected chi connectivity index (χ2v) is 5.35. The third-order valence-electron chi connectivity index (χ3n) is 3.91. The number of hydrogen-bond donors (Lipinski definition) is 2. The second kappa shape index (κ2) is 5.79. The van der Waals surface area contributed by atoms with Gasteiger partial charge < -0.3 is 15.8 Å². The molecule has 0 heterocycles. The SMILES string of the molecule is CCNC1(C(N)=O)CCC(Oc2cccc(C)c2F)C1. The van der Waals surface area contributed by atoms with Gasteiger partial charge in [-0.15, -0.1) is 0 Å². The summed E-state index contributed by atoms with van der Waals surface area (Å²) in [5, 5.41) is 3.15. The number of amides is 1. The number of aryl methyl sites for hydroxylation is 1. The molecule has 1 amide bonds. The topological polar surface area (TPSA) is 64.3 Å². The van der Waals surface area contributed by atoms with E-state index in [2.05, 4.69) is 5.32 Å². The lowest BCUT2D eigenvalue weighted by molar-refractivity contribution is -0.124. The molecule has 0 saturated heterocycles. The van der Waals surface area contributed by atoms with Gasteiger partial charge in [-0.1, -0.05) is 19.1 Å². The lowest BCUT2D eigenvalue weighted by Gasteiger charge is -2.26. The van der Waals surface area contributed by atoms with Crippen molar-refractivity contribution in [2.45, 2.75) is 44.8 Å². The molecule has 4 nitrogen and oxygen atoms in total. The highest BCUT2D eigenvalue weighted by Gasteiger charge is 2.44. The van der Waals surface area contributed by atoms with Gasteiger partial charge >= 0.3 is 0 Å². The molecule has 1 aromatic carbocycles. The minimum absolute atomic E-state index is 0.196. The minimum atomic E-state index is -0.723. The highest BCUT2D eigenvalue weighted by atomic mass is 19.1. The first-order valence-corrected chi connectivity index (χ1v) is 6.95. The number of nitrogens with one attached hydrogen (secondary N) is 1. The Balaban J connectivity index is 2.09. The van der Waals surface area contributed by atoms with E-state index in [0.29, 0.717) is 31.4 Å². The van der Waals surface area contributed by atoms with Crippen LogP contribution in [0.15, 0.2) is 18.2 Å². The standard InChI is InChI=1S/C15H21FN2O2/c1-3-18-15(14(17)19)8-7-11(9-15)20-12-6-4-5-10(2)13(12)16/h4-6,11,18H,3,7-9H2,1-2H3,(H2,17,19). The van der Waals surface area contributed by atoms with E-state index in [1.807, 2.05) is 6.92 Å². The van der Waals surface area contributed by atoms with Crippen LogP contribution in [0.1, 0.15) is 31.7 Å². The summed E-state index contributed by atoms with van der Waals surface area (Å²) in [6.45, 7) is 4.29. The van der Waals surface area contributed by atoms with E-state index in [1.54, 1.807) is 25.1 Å². The summed E-state index contributed by atoms with van der Waals surface area (Å²) >= 11 is 0. The number of halogens is 1. The van der Waals surface area contributed by atoms with Gasteiger partial charge in [0.05, 0.1) is 0 Å². The van der Waals surface area contributed by atoms with E-state index in [1.165, 1.54) is 0 Å². The number of rotatable bonds is 5. The summed E-state index contributed by atoms with van der Waals surface area (Å²) in [4.78, 5) is 11.7. The molecule has 0 spiro atoms. The summed E-state index contributed by atoms with van der Waals surface area (Å²) < 4.78 is 19.6. The molecule has 0 aliphatic heterocycles. The summed E-state index contributed by atoms with van der Waals surface area (Å²) in [5.74, 6) is -0.463. The number of benzene rings is 1. The van der Waals surface area contributed by atoms with Gasteiger partial charge in [0.25, 0.3) is 0 Å². The van der Waals surface area contributed by atoms with Gasteiger partial charge in [-0.2, -0.15) is 0 Å². The zero-order valence-corrected chi connectivity index (χ0v) is 11.9. The Labute approximate surface area is 118 Å². The van der Waals surface area contributed by atoms with E-state index in [9.17, 15) is 9.18 Å². The molecule has 2 rings (SSSR count). The first-order chi connectivity index (χ1) is 9.48. The lowest BCUT2D eigenvalue weighted by atomic mass is 9.96. The molecular weight excluding hydrogens is 259 g/mol. The average molecular weight is 280 g/mol. The molecule has 3 N–H and O–H groups in total. The van der Waals surface area contributed by atoms with Crippen LogP contribution in [0.2, 0.25) is 0 Å². The number of nitrogens with two attached hydrogens (primary N) is 1. The number of carbonyl (C=O) groups is 1. The van der Waals surface area contributed by atoms with Gasteiger partial charge in [-0.25, -0.2) is 4.39 Å². The molecule has 1 aliphatic rings. The summed E-state index contributed by atoms with van der Waals surface area (Å²) in [7, 11) is 0. The number of primary amides is 1. The second-order valence-electron chi connectivity index (χ2n) is 5.35. The number of likely N-dealkylation sites (N-methyl/N-ethyl adjacent to an activating group) is 1. The Hall–Kier alpha value is -1.62. The van der Waals surface area contributed by atoms with Crippen LogP contribution < -0.4 is 15.8 Å². The zero-order chi connectivity index (χ0) is 14.8. The van der Waals surface area contributed by atoms with Crippen LogP contribution in [-0.2, 0) is 4.79 Å². The van der Waals surface area contributed by atoms with Crippen LogP contribution in [0.3, 0.4) is 0 Å². The van der Waals surface area contributed by atoms with Gasteiger partial charge in [0.1, 0.15) is 11.6 Å². The Bertz CT molecular complexity index is 507. The van der Waals surface area contributed by atoms with Crippen molar-refractivity contribution in [3.05, 3.63) is 29.6 Å². The molecule has 1 aromatic rings. The van der Waals surface area contributed by atoms with Crippen molar-refractivity contribution in [2.75, 3.05) is 6.54 Å². The Kier molecular flexibility index (Phi) is 4.28. The van der Waals surface area contributed by atoms with Crippen molar-refractivity contribution in [1.29, 1.82) is 0 Å². The highest BCUT2D eigenvalue weighted by Crippen LogP contribution is 2.33. The monoisotopic (exact) mass is 280 g/mol. The van der Waals surface area contributed by atoms with E-state index in [0.717, 1.165) is 0 Å². The van der Waals surface area contributed by atoms with Gasteiger partial charge in [-0.05, 0) is 37.9 Å². The van der Waals surface area contributed by atoms with E-state index < -0.39 is 5.54 Å². The van der Waals surface area contributed by atoms with Crippen molar-refractivity contribution >= 4 is 5.91 Å². The third kappa shape index (κ3) is 2.77. The predicted molar refractivity (Wildman–Crippen MR) is 75.0 cm³/mol. The minimum Gasteiger partial charge on any atom is -0.487 e. The third-order valence-corrected chi connectivity index (χ3v) is 3.91. The maximum Gasteiger partial charge on any atom is 0.237 e. The van der Waals surface area contributed by atoms with Crippen molar-refractivity contribution in [1.82, 2.24) is 5.32 Å². The van der Waals surface area contributed by atoms with Crippen LogP contribution in [0, 0.1) is 12.7 Å². The maximum atomic E-state index is 13.9. The van der Waals surface area contributed by atoms with Crippen molar-refractivity contribution in [3.63, 3.8) is 0 Å². The molecule has 2 unspecified atom stereocenters. The summed E-state index contributed by atoms with van der Waals surface area (Å²) in [6, 6.07) is 5.07. The molecule has 110 valence electrons. The fourth-order valence-corrected chi connectivity index (χ4v) is 2.80. The average Bonchev–Trinajstić information content (AvgIpc) is 2.80. The molecule has 1 fully saturated rings. The van der Waals surface area contributed by atoms with Crippen LogP contribution >= 0.6 is 0 Å². The van der Waals surface area contributed by atoms with E-state index in [4.69, 9.17) is 10.5 Å². The fourth-order valence-electron chi connectivity index (χ4n) is 2.80. The van der Waals surface area contributed by atoms with Crippen LogP contribution in [0.5, 0.6) is 5.75 Å². The predicted octanol–water partition coefficient (Wildman–Crippen LogP) is 1.90. The van der Waals surface area contributed by atoms with E-state index in [-0.39, 0.29) is 23.6 Å².